The molecule has 0 radical (unpaired) electrons. The van der Waals surface area contributed by atoms with Crippen LogP contribution in [0, 0.1) is 0 Å². The molecule has 8 nitrogen and oxygen atoms in total. The molecule has 34 heavy (non-hydrogen) atoms. The summed E-state index contributed by atoms with van der Waals surface area (Å²) in [6, 6.07) is 11.5. The second-order valence-electron chi connectivity index (χ2n) is 8.15. The highest BCUT2D eigenvalue weighted by Gasteiger charge is 2.46. The summed E-state index contributed by atoms with van der Waals surface area (Å²) in [6.07, 6.45) is 0. The van der Waals surface area contributed by atoms with Crippen molar-refractivity contribution in [1.29, 1.82) is 0 Å². The first-order valence-electron chi connectivity index (χ1n) is 11.5. The fourth-order valence-corrected chi connectivity index (χ4v) is 4.38. The molecule has 2 aliphatic rings. The number of aliphatic hydroxyl groups is 1. The lowest BCUT2D eigenvalue weighted by molar-refractivity contribution is -0.140. The molecule has 2 aromatic rings. The number of fused-ring (bicyclic) bond motifs is 1. The molecule has 0 bridgehead atoms. The van der Waals surface area contributed by atoms with Gasteiger partial charge in [-0.15, -0.1) is 0 Å². The number of amides is 1. The SMILES string of the molecule is CCN(CC)CCN1C(=O)C(=O)/C(=C(/O)c2ccc3c(c2)OCCO3)[C@H]1c1ccc(OC)cc1. The standard InChI is InChI=1S/C26H30N2O6/c1-4-27(5-2)12-13-28-23(17-6-9-19(32-3)10-7-17)22(25(30)26(28)31)24(29)18-8-11-20-21(16-18)34-15-14-33-20/h6-11,16,23,29H,4-5,12-15H2,1-3H3/b24-22+/t23-/m1/s1. The molecule has 1 fully saturated rings. The van der Waals surface area contributed by atoms with Gasteiger partial charge in [0, 0.05) is 18.7 Å². The number of nitrogens with zero attached hydrogens (tertiary/aromatic N) is 2. The molecule has 8 heteroatoms. The van der Waals surface area contributed by atoms with Crippen molar-refractivity contribution in [3.63, 3.8) is 0 Å². The summed E-state index contributed by atoms with van der Waals surface area (Å²) in [7, 11) is 1.58. The minimum absolute atomic E-state index is 0.0615. The van der Waals surface area contributed by atoms with E-state index in [1.165, 1.54) is 0 Å². The second kappa shape index (κ2) is 10.2. The summed E-state index contributed by atoms with van der Waals surface area (Å²) in [4.78, 5) is 30.1. The van der Waals surface area contributed by atoms with E-state index in [2.05, 4.69) is 18.7 Å². The van der Waals surface area contributed by atoms with Gasteiger partial charge in [0.15, 0.2) is 11.5 Å². The van der Waals surface area contributed by atoms with Crippen LogP contribution in [-0.2, 0) is 9.59 Å². The van der Waals surface area contributed by atoms with E-state index in [4.69, 9.17) is 14.2 Å². The van der Waals surface area contributed by atoms with Gasteiger partial charge < -0.3 is 29.1 Å². The van der Waals surface area contributed by atoms with Gasteiger partial charge in [-0.1, -0.05) is 26.0 Å². The number of ketones is 1. The van der Waals surface area contributed by atoms with Gasteiger partial charge in [-0.05, 0) is 49.0 Å². The summed E-state index contributed by atoms with van der Waals surface area (Å²) in [5.74, 6) is 0.179. The van der Waals surface area contributed by atoms with Crippen molar-refractivity contribution in [3.05, 3.63) is 59.2 Å². The average Bonchev–Trinajstić information content (AvgIpc) is 3.13. The van der Waals surface area contributed by atoms with Crippen molar-refractivity contribution in [2.75, 3.05) is 46.5 Å². The zero-order valence-electron chi connectivity index (χ0n) is 19.7. The largest absolute Gasteiger partial charge is 0.507 e. The van der Waals surface area contributed by atoms with Crippen molar-refractivity contribution in [1.82, 2.24) is 9.80 Å². The molecule has 1 N–H and O–H groups in total. The van der Waals surface area contributed by atoms with E-state index in [1.807, 2.05) is 12.1 Å². The Morgan fingerprint density at radius 2 is 1.74 bits per heavy atom. The molecule has 1 atom stereocenters. The zero-order valence-corrected chi connectivity index (χ0v) is 19.7. The number of likely N-dealkylation sites (N-methyl/N-ethyl adjacent to an activating group) is 1. The number of ether oxygens (including phenoxy) is 3. The lowest BCUT2D eigenvalue weighted by atomic mass is 9.95. The van der Waals surface area contributed by atoms with Crippen LogP contribution in [0.15, 0.2) is 48.0 Å². The molecule has 2 heterocycles. The summed E-state index contributed by atoms with van der Waals surface area (Å²) in [6.45, 7) is 7.63. The first-order chi connectivity index (χ1) is 16.5. The molecule has 2 aromatic carbocycles. The van der Waals surface area contributed by atoms with E-state index in [-0.39, 0.29) is 11.3 Å². The van der Waals surface area contributed by atoms with Crippen molar-refractivity contribution >= 4 is 17.4 Å². The molecule has 0 saturated carbocycles. The predicted molar refractivity (Wildman–Crippen MR) is 127 cm³/mol. The third-order valence-corrected chi connectivity index (χ3v) is 6.34. The molecular weight excluding hydrogens is 436 g/mol. The number of likely N-dealkylation sites (tertiary alicyclic amines) is 1. The minimum atomic E-state index is -0.713. The van der Waals surface area contributed by atoms with E-state index >= 15 is 0 Å². The Balaban J connectivity index is 1.78. The highest BCUT2D eigenvalue weighted by Crippen LogP contribution is 2.41. The monoisotopic (exact) mass is 466 g/mol. The maximum absolute atomic E-state index is 13.2. The van der Waals surface area contributed by atoms with Crippen LogP contribution in [0.2, 0.25) is 0 Å². The van der Waals surface area contributed by atoms with Gasteiger partial charge in [-0.25, -0.2) is 0 Å². The van der Waals surface area contributed by atoms with Gasteiger partial charge in [0.25, 0.3) is 11.7 Å². The Hall–Kier alpha value is -3.52. The molecule has 1 saturated heterocycles. The molecule has 0 aliphatic carbocycles. The van der Waals surface area contributed by atoms with Crippen molar-refractivity contribution < 1.29 is 28.9 Å². The van der Waals surface area contributed by atoms with Gasteiger partial charge in [0.1, 0.15) is 24.7 Å². The smallest absolute Gasteiger partial charge is 0.295 e. The quantitative estimate of drug-likeness (QED) is 0.363. The first-order valence-corrected chi connectivity index (χ1v) is 11.5. The fraction of sp³-hybridized carbons (Fsp3) is 0.385. The lowest BCUT2D eigenvalue weighted by Crippen LogP contribution is -2.38. The topological polar surface area (TPSA) is 88.5 Å². The lowest BCUT2D eigenvalue weighted by Gasteiger charge is -2.28. The van der Waals surface area contributed by atoms with Gasteiger partial charge in [0.05, 0.1) is 18.7 Å². The van der Waals surface area contributed by atoms with Crippen LogP contribution < -0.4 is 14.2 Å². The van der Waals surface area contributed by atoms with E-state index in [1.54, 1.807) is 42.3 Å². The summed E-state index contributed by atoms with van der Waals surface area (Å²) >= 11 is 0. The third kappa shape index (κ3) is 4.46. The zero-order chi connectivity index (χ0) is 24.2. The van der Waals surface area contributed by atoms with Crippen LogP contribution >= 0.6 is 0 Å². The van der Waals surface area contributed by atoms with Crippen LogP contribution in [-0.4, -0.2) is 73.1 Å². The van der Waals surface area contributed by atoms with Crippen LogP contribution in [0.5, 0.6) is 17.2 Å². The Kier molecular flexibility index (Phi) is 7.07. The molecule has 0 spiro atoms. The molecular formula is C26H30N2O6. The number of benzene rings is 2. The Morgan fingerprint density at radius 1 is 1.06 bits per heavy atom. The highest BCUT2D eigenvalue weighted by molar-refractivity contribution is 6.46. The normalized spacial score (nSPS) is 19.1. The average molecular weight is 467 g/mol. The number of carbonyl (C=O) groups excluding carboxylic acids is 2. The number of aliphatic hydroxyl groups excluding tert-OH is 1. The van der Waals surface area contributed by atoms with E-state index in [9.17, 15) is 14.7 Å². The van der Waals surface area contributed by atoms with Crippen LogP contribution in [0.3, 0.4) is 0 Å². The molecule has 4 rings (SSSR count). The second-order valence-corrected chi connectivity index (χ2v) is 8.15. The molecule has 180 valence electrons. The van der Waals surface area contributed by atoms with Crippen molar-refractivity contribution in [3.8, 4) is 17.2 Å². The summed E-state index contributed by atoms with van der Waals surface area (Å²) < 4.78 is 16.5. The van der Waals surface area contributed by atoms with Gasteiger partial charge in [-0.3, -0.25) is 9.59 Å². The highest BCUT2D eigenvalue weighted by atomic mass is 16.6. The van der Waals surface area contributed by atoms with E-state index in [0.29, 0.717) is 49.1 Å². The molecule has 0 aromatic heterocycles. The number of hydrogen-bond donors (Lipinski definition) is 1. The summed E-state index contributed by atoms with van der Waals surface area (Å²) in [5, 5.41) is 11.3. The van der Waals surface area contributed by atoms with Crippen LogP contribution in [0.1, 0.15) is 31.0 Å². The van der Waals surface area contributed by atoms with Gasteiger partial charge >= 0.3 is 0 Å². The Labute approximate surface area is 199 Å². The first kappa shape index (κ1) is 23.6. The number of Topliss-reactive ketones (excluding diaryl/α,β-unsaturated/α-hetero) is 1. The number of hydrogen-bond acceptors (Lipinski definition) is 7. The third-order valence-electron chi connectivity index (χ3n) is 6.34. The maximum Gasteiger partial charge on any atom is 0.295 e. The minimum Gasteiger partial charge on any atom is -0.507 e. The Bertz CT molecular complexity index is 1090. The van der Waals surface area contributed by atoms with Crippen LogP contribution in [0.25, 0.3) is 5.76 Å². The predicted octanol–water partition coefficient (Wildman–Crippen LogP) is 3.23. The number of carbonyl (C=O) groups is 2. The van der Waals surface area contributed by atoms with E-state index < -0.39 is 17.7 Å². The Morgan fingerprint density at radius 3 is 2.38 bits per heavy atom. The van der Waals surface area contributed by atoms with Crippen molar-refractivity contribution in [2.45, 2.75) is 19.9 Å². The number of rotatable bonds is 8. The molecule has 2 aliphatic heterocycles. The van der Waals surface area contributed by atoms with E-state index in [0.717, 1.165) is 18.7 Å². The van der Waals surface area contributed by atoms with Gasteiger partial charge in [0.2, 0.25) is 0 Å². The molecule has 0 unspecified atom stereocenters. The number of methoxy groups -OCH3 is 1. The van der Waals surface area contributed by atoms with Gasteiger partial charge in [-0.2, -0.15) is 0 Å². The maximum atomic E-state index is 13.2. The van der Waals surface area contributed by atoms with Crippen molar-refractivity contribution in [2.24, 2.45) is 0 Å². The summed E-state index contributed by atoms with van der Waals surface area (Å²) in [5.41, 5.74) is 1.18. The van der Waals surface area contributed by atoms with Crippen LogP contribution in [0.4, 0.5) is 0 Å². The molecule has 1 amide bonds. The fourth-order valence-electron chi connectivity index (χ4n) is 4.38.